The second kappa shape index (κ2) is 5.16. The van der Waals surface area contributed by atoms with Crippen molar-refractivity contribution in [2.75, 3.05) is 0 Å². The molecule has 0 aliphatic carbocycles. The number of rotatable bonds is 2. The van der Waals surface area contributed by atoms with Gasteiger partial charge in [0.1, 0.15) is 0 Å². The number of benzene rings is 1. The Morgan fingerprint density at radius 1 is 0.737 bits per heavy atom. The summed E-state index contributed by atoms with van der Waals surface area (Å²) in [6.07, 6.45) is 3.31. The number of hydrogen-bond donors (Lipinski definition) is 0. The average Bonchev–Trinajstić information content (AvgIpc) is 2.48. The first-order valence-electron chi connectivity index (χ1n) is 5.83. The van der Waals surface area contributed by atoms with Gasteiger partial charge in [0.05, 0.1) is 16.4 Å². The monoisotopic (exact) mass is 267 g/mol. The van der Waals surface area contributed by atoms with Gasteiger partial charge in [0.2, 0.25) is 0 Å². The lowest BCUT2D eigenvalue weighted by Crippen LogP contribution is -1.91. The highest BCUT2D eigenvalue weighted by Gasteiger charge is 2.03. The van der Waals surface area contributed by atoms with Gasteiger partial charge < -0.3 is 0 Å². The second-order valence-corrected chi connectivity index (χ2v) is 4.50. The molecule has 0 atom stereocenters. The van der Waals surface area contributed by atoms with Gasteiger partial charge in [0.25, 0.3) is 0 Å². The maximum absolute atomic E-state index is 5.91. The minimum atomic E-state index is 0.589. The van der Waals surface area contributed by atoms with Crippen LogP contribution in [0.4, 0.5) is 0 Å². The first kappa shape index (κ1) is 11.8. The molecule has 3 rings (SSSR count). The van der Waals surface area contributed by atoms with E-state index in [9.17, 15) is 0 Å². The highest BCUT2D eigenvalue weighted by molar-refractivity contribution is 6.30. The first-order valence-corrected chi connectivity index (χ1v) is 6.21. The Morgan fingerprint density at radius 2 is 1.42 bits per heavy atom. The molecule has 4 heteroatoms. The summed E-state index contributed by atoms with van der Waals surface area (Å²) in [7, 11) is 0. The topological polar surface area (TPSA) is 38.7 Å². The van der Waals surface area contributed by atoms with Crippen LogP contribution in [-0.2, 0) is 0 Å². The molecule has 1 aromatic carbocycles. The normalized spacial score (nSPS) is 10.4. The number of pyridine rings is 1. The summed E-state index contributed by atoms with van der Waals surface area (Å²) in [5.41, 5.74) is 3.51. The van der Waals surface area contributed by atoms with Gasteiger partial charge in [-0.15, -0.1) is 10.2 Å². The van der Waals surface area contributed by atoms with Gasteiger partial charge in [0.15, 0.2) is 0 Å². The molecule has 0 aliphatic rings. The Hall–Kier alpha value is -2.26. The van der Waals surface area contributed by atoms with Crippen molar-refractivity contribution in [2.24, 2.45) is 0 Å². The molecule has 0 spiro atoms. The van der Waals surface area contributed by atoms with Crippen LogP contribution in [0.5, 0.6) is 0 Å². The minimum Gasteiger partial charge on any atom is -0.262 e. The summed E-state index contributed by atoms with van der Waals surface area (Å²) >= 11 is 5.91. The fourth-order valence-corrected chi connectivity index (χ4v) is 1.97. The molecule has 0 saturated heterocycles. The van der Waals surface area contributed by atoms with Crippen molar-refractivity contribution in [1.82, 2.24) is 15.2 Å². The van der Waals surface area contributed by atoms with Gasteiger partial charge in [-0.1, -0.05) is 41.9 Å². The third-order valence-electron chi connectivity index (χ3n) is 2.73. The average molecular weight is 268 g/mol. The van der Waals surface area contributed by atoms with Crippen molar-refractivity contribution in [2.45, 2.75) is 0 Å². The molecule has 0 fully saturated rings. The summed E-state index contributed by atoms with van der Waals surface area (Å²) < 4.78 is 0. The van der Waals surface area contributed by atoms with Crippen molar-refractivity contribution in [3.05, 3.63) is 65.9 Å². The predicted octanol–water partition coefficient (Wildman–Crippen LogP) is 3.86. The summed E-state index contributed by atoms with van der Waals surface area (Å²) in [4.78, 5) is 4.04. The van der Waals surface area contributed by atoms with Crippen LogP contribution < -0.4 is 0 Å². The van der Waals surface area contributed by atoms with E-state index in [0.29, 0.717) is 5.02 Å². The van der Waals surface area contributed by atoms with Crippen molar-refractivity contribution in [1.29, 1.82) is 0 Å². The fourth-order valence-electron chi connectivity index (χ4n) is 1.80. The molecule has 0 aliphatic heterocycles. The molecular weight excluding hydrogens is 258 g/mol. The highest BCUT2D eigenvalue weighted by atomic mass is 35.5. The van der Waals surface area contributed by atoms with E-state index >= 15 is 0 Å². The Labute approximate surface area is 115 Å². The molecule has 92 valence electrons. The van der Waals surface area contributed by atoms with Crippen LogP contribution in [0.15, 0.2) is 60.9 Å². The largest absolute Gasteiger partial charge is 0.262 e. The van der Waals surface area contributed by atoms with Gasteiger partial charge in [-0.3, -0.25) is 4.98 Å². The van der Waals surface area contributed by atoms with Crippen molar-refractivity contribution >= 4 is 11.6 Å². The van der Waals surface area contributed by atoms with E-state index in [4.69, 9.17) is 11.6 Å². The van der Waals surface area contributed by atoms with E-state index in [1.54, 1.807) is 12.4 Å². The lowest BCUT2D eigenvalue weighted by atomic mass is 10.1. The van der Waals surface area contributed by atoms with E-state index < -0.39 is 0 Å². The van der Waals surface area contributed by atoms with E-state index in [2.05, 4.69) is 15.2 Å². The number of halogens is 1. The zero-order valence-electron chi connectivity index (χ0n) is 9.99. The molecule has 19 heavy (non-hydrogen) atoms. The zero-order chi connectivity index (χ0) is 13.1. The molecule has 0 amide bonds. The van der Waals surface area contributed by atoms with Gasteiger partial charge in [-0.25, -0.2) is 0 Å². The van der Waals surface area contributed by atoms with Gasteiger partial charge in [-0.05, 0) is 18.2 Å². The molecule has 0 N–H and O–H groups in total. The van der Waals surface area contributed by atoms with Crippen LogP contribution in [-0.4, -0.2) is 15.2 Å². The smallest absolute Gasteiger partial charge is 0.0946 e. The molecule has 0 radical (unpaired) electrons. The van der Waals surface area contributed by atoms with E-state index in [-0.39, 0.29) is 0 Å². The molecule has 0 saturated carbocycles. The number of aromatic nitrogens is 3. The number of nitrogens with zero attached hydrogens (tertiary/aromatic N) is 3. The predicted molar refractivity (Wildman–Crippen MR) is 75.7 cm³/mol. The van der Waals surface area contributed by atoms with Gasteiger partial charge in [-0.2, -0.15) is 0 Å². The van der Waals surface area contributed by atoms with E-state index in [1.165, 1.54) is 0 Å². The lowest BCUT2D eigenvalue weighted by Gasteiger charge is -2.02. The van der Waals surface area contributed by atoms with Crippen LogP contribution in [0, 0.1) is 0 Å². The van der Waals surface area contributed by atoms with Crippen LogP contribution >= 0.6 is 11.6 Å². The molecule has 2 aromatic heterocycles. The van der Waals surface area contributed by atoms with E-state index in [0.717, 1.165) is 22.5 Å². The summed E-state index contributed by atoms with van der Waals surface area (Å²) in [5.74, 6) is 0. The van der Waals surface area contributed by atoms with Crippen LogP contribution in [0.25, 0.3) is 22.5 Å². The zero-order valence-corrected chi connectivity index (χ0v) is 10.7. The van der Waals surface area contributed by atoms with Crippen molar-refractivity contribution in [3.8, 4) is 22.5 Å². The SMILES string of the molecule is Clc1cncc(-c2ccc(-c3ccccc3)nn2)c1. The van der Waals surface area contributed by atoms with Gasteiger partial charge in [0, 0.05) is 23.5 Å². The first-order chi connectivity index (χ1) is 9.33. The highest BCUT2D eigenvalue weighted by Crippen LogP contribution is 2.21. The summed E-state index contributed by atoms with van der Waals surface area (Å²) in [5, 5.41) is 9.04. The molecule has 0 unspecified atom stereocenters. The third-order valence-corrected chi connectivity index (χ3v) is 2.94. The Bertz CT molecular complexity index is 681. The molecule has 2 heterocycles. The second-order valence-electron chi connectivity index (χ2n) is 4.06. The Morgan fingerprint density at radius 3 is 2.05 bits per heavy atom. The molecule has 3 nitrogen and oxygen atoms in total. The lowest BCUT2D eigenvalue weighted by molar-refractivity contribution is 1.04. The Balaban J connectivity index is 1.95. The third kappa shape index (κ3) is 2.61. The maximum Gasteiger partial charge on any atom is 0.0946 e. The van der Waals surface area contributed by atoms with Crippen LogP contribution in [0.1, 0.15) is 0 Å². The fraction of sp³-hybridized carbons (Fsp3) is 0. The van der Waals surface area contributed by atoms with Crippen molar-refractivity contribution in [3.63, 3.8) is 0 Å². The van der Waals surface area contributed by atoms with Crippen LogP contribution in [0.3, 0.4) is 0 Å². The molecule has 0 bridgehead atoms. The van der Waals surface area contributed by atoms with Gasteiger partial charge >= 0.3 is 0 Å². The maximum atomic E-state index is 5.91. The Kier molecular flexibility index (Phi) is 3.21. The minimum absolute atomic E-state index is 0.589. The standard InChI is InChI=1S/C15H10ClN3/c16-13-8-12(9-17-10-13)15-7-6-14(18-19-15)11-4-2-1-3-5-11/h1-10H. The summed E-state index contributed by atoms with van der Waals surface area (Å²) in [6.45, 7) is 0. The number of hydrogen-bond acceptors (Lipinski definition) is 3. The summed E-state index contributed by atoms with van der Waals surface area (Å²) in [6, 6.07) is 15.6. The molecular formula is C15H10ClN3. The van der Waals surface area contributed by atoms with Crippen LogP contribution in [0.2, 0.25) is 5.02 Å². The van der Waals surface area contributed by atoms with E-state index in [1.807, 2.05) is 48.5 Å². The quantitative estimate of drug-likeness (QED) is 0.708. The molecule has 3 aromatic rings. The van der Waals surface area contributed by atoms with Crippen molar-refractivity contribution < 1.29 is 0 Å².